The SMILES string of the molecule is CCCCCCCCCCCCCCCc1n(CCCCCC)cc[n+]1CCCCCCCCCCCCCC. The molecule has 1 aromatic heterocycles. The molecule has 0 aromatic carbocycles. The van der Waals surface area contributed by atoms with E-state index in [1.807, 2.05) is 0 Å². The van der Waals surface area contributed by atoms with Crippen molar-refractivity contribution in [2.75, 3.05) is 0 Å². The van der Waals surface area contributed by atoms with E-state index in [-0.39, 0.29) is 0 Å². The zero-order valence-corrected chi connectivity index (χ0v) is 28.2. The first-order chi connectivity index (χ1) is 19.8. The highest BCUT2D eigenvalue weighted by atomic mass is 15.1. The molecular formula is C38H75N2+. The van der Waals surface area contributed by atoms with Gasteiger partial charge in [-0.15, -0.1) is 0 Å². The third-order valence-corrected chi connectivity index (χ3v) is 9.10. The maximum atomic E-state index is 2.62. The lowest BCUT2D eigenvalue weighted by atomic mass is 10.0. The van der Waals surface area contributed by atoms with Gasteiger partial charge in [0.05, 0.1) is 13.1 Å². The molecule has 40 heavy (non-hydrogen) atoms. The fourth-order valence-electron chi connectivity index (χ4n) is 6.33. The summed E-state index contributed by atoms with van der Waals surface area (Å²) in [5.74, 6) is 1.61. The Morgan fingerprint density at radius 1 is 0.425 bits per heavy atom. The van der Waals surface area contributed by atoms with E-state index in [9.17, 15) is 0 Å². The second-order valence-electron chi connectivity index (χ2n) is 13.0. The van der Waals surface area contributed by atoms with Crippen LogP contribution in [0.25, 0.3) is 0 Å². The summed E-state index contributed by atoms with van der Waals surface area (Å²) < 4.78 is 5.23. The zero-order chi connectivity index (χ0) is 28.8. The molecular weight excluding hydrogens is 484 g/mol. The van der Waals surface area contributed by atoms with Gasteiger partial charge in [-0.05, 0) is 32.1 Å². The van der Waals surface area contributed by atoms with Gasteiger partial charge in [0.15, 0.2) is 0 Å². The molecule has 0 atom stereocenters. The van der Waals surface area contributed by atoms with Crippen LogP contribution in [0.2, 0.25) is 0 Å². The Kier molecular flexibility index (Phi) is 27.6. The van der Waals surface area contributed by atoms with Crippen molar-refractivity contribution in [3.8, 4) is 0 Å². The summed E-state index contributed by atoms with van der Waals surface area (Å²) in [6, 6.07) is 0. The monoisotopic (exact) mass is 560 g/mol. The molecule has 0 unspecified atom stereocenters. The molecule has 1 aromatic rings. The maximum Gasteiger partial charge on any atom is 0.256 e. The Balaban J connectivity index is 2.20. The normalized spacial score (nSPS) is 11.6. The van der Waals surface area contributed by atoms with Crippen molar-refractivity contribution in [1.29, 1.82) is 0 Å². The van der Waals surface area contributed by atoms with Crippen LogP contribution in [0.15, 0.2) is 12.4 Å². The number of hydrogen-bond donors (Lipinski definition) is 0. The zero-order valence-electron chi connectivity index (χ0n) is 28.2. The molecule has 0 radical (unpaired) electrons. The van der Waals surface area contributed by atoms with E-state index < -0.39 is 0 Å². The highest BCUT2D eigenvalue weighted by Crippen LogP contribution is 2.15. The molecule has 0 saturated carbocycles. The lowest BCUT2D eigenvalue weighted by Gasteiger charge is -2.07. The number of hydrogen-bond acceptors (Lipinski definition) is 0. The minimum atomic E-state index is 1.22. The predicted octanol–water partition coefficient (Wildman–Crippen LogP) is 12.7. The second-order valence-corrected chi connectivity index (χ2v) is 13.0. The van der Waals surface area contributed by atoms with Crippen LogP contribution in [0, 0.1) is 0 Å². The number of aromatic nitrogens is 2. The molecule has 0 aliphatic heterocycles. The predicted molar refractivity (Wildman–Crippen MR) is 179 cm³/mol. The van der Waals surface area contributed by atoms with Gasteiger partial charge in [0.25, 0.3) is 5.82 Å². The summed E-state index contributed by atoms with van der Waals surface area (Å²) in [7, 11) is 0. The van der Waals surface area contributed by atoms with Crippen molar-refractivity contribution in [2.45, 2.75) is 226 Å². The van der Waals surface area contributed by atoms with Gasteiger partial charge in [-0.3, -0.25) is 0 Å². The molecule has 0 bridgehead atoms. The van der Waals surface area contributed by atoms with E-state index in [0.29, 0.717) is 0 Å². The summed E-state index contributed by atoms with van der Waals surface area (Å²) in [6.45, 7) is 9.39. The smallest absolute Gasteiger partial charge is 0.234 e. The minimum absolute atomic E-state index is 1.22. The average molecular weight is 560 g/mol. The lowest BCUT2D eigenvalue weighted by molar-refractivity contribution is -0.704. The third-order valence-electron chi connectivity index (χ3n) is 9.10. The van der Waals surface area contributed by atoms with Gasteiger partial charge in [0.2, 0.25) is 0 Å². The quantitative estimate of drug-likeness (QED) is 0.0613. The Morgan fingerprint density at radius 2 is 0.775 bits per heavy atom. The summed E-state index contributed by atoms with van der Waals surface area (Å²) in [5, 5.41) is 0. The van der Waals surface area contributed by atoms with Crippen molar-refractivity contribution in [2.24, 2.45) is 0 Å². The molecule has 0 N–H and O–H groups in total. The van der Waals surface area contributed by atoms with Crippen LogP contribution in [-0.2, 0) is 19.5 Å². The van der Waals surface area contributed by atoms with Crippen molar-refractivity contribution in [1.82, 2.24) is 4.57 Å². The van der Waals surface area contributed by atoms with Crippen molar-refractivity contribution in [3.63, 3.8) is 0 Å². The van der Waals surface area contributed by atoms with Crippen LogP contribution in [0.4, 0.5) is 0 Å². The average Bonchev–Trinajstić information content (AvgIpc) is 3.35. The van der Waals surface area contributed by atoms with E-state index in [0.717, 1.165) is 0 Å². The first-order valence-corrected chi connectivity index (χ1v) is 18.9. The highest BCUT2D eigenvalue weighted by molar-refractivity contribution is 4.84. The molecule has 1 heterocycles. The first-order valence-electron chi connectivity index (χ1n) is 18.9. The van der Waals surface area contributed by atoms with E-state index in [1.54, 1.807) is 5.82 Å². The number of nitrogens with zero attached hydrogens (tertiary/aromatic N) is 2. The van der Waals surface area contributed by atoms with Gasteiger partial charge >= 0.3 is 0 Å². The van der Waals surface area contributed by atoms with Crippen LogP contribution in [0.1, 0.15) is 213 Å². The van der Waals surface area contributed by atoms with Gasteiger partial charge in [-0.1, -0.05) is 175 Å². The van der Waals surface area contributed by atoms with Gasteiger partial charge in [-0.25, -0.2) is 9.13 Å². The van der Waals surface area contributed by atoms with Gasteiger partial charge < -0.3 is 0 Å². The molecule has 0 saturated heterocycles. The van der Waals surface area contributed by atoms with Gasteiger partial charge in [-0.2, -0.15) is 0 Å². The van der Waals surface area contributed by atoms with Crippen LogP contribution in [0.5, 0.6) is 0 Å². The summed E-state index contributed by atoms with van der Waals surface area (Å²) in [5.41, 5.74) is 0. The first kappa shape index (κ1) is 37.2. The molecule has 0 fully saturated rings. The Hall–Kier alpha value is -0.790. The summed E-state index contributed by atoms with van der Waals surface area (Å²) >= 11 is 0. The van der Waals surface area contributed by atoms with Crippen molar-refractivity contribution in [3.05, 3.63) is 18.2 Å². The Morgan fingerprint density at radius 3 is 1.20 bits per heavy atom. The lowest BCUT2D eigenvalue weighted by Crippen LogP contribution is -2.37. The van der Waals surface area contributed by atoms with Gasteiger partial charge in [0, 0.05) is 6.42 Å². The summed E-state index contributed by atoms with van der Waals surface area (Å²) in [6.07, 6.45) is 47.4. The molecule has 0 spiro atoms. The van der Waals surface area contributed by atoms with Crippen LogP contribution in [0.3, 0.4) is 0 Å². The number of imidazole rings is 1. The van der Waals surface area contributed by atoms with Crippen LogP contribution in [-0.4, -0.2) is 4.57 Å². The molecule has 2 nitrogen and oxygen atoms in total. The Labute approximate surface area is 253 Å². The van der Waals surface area contributed by atoms with E-state index in [4.69, 9.17) is 0 Å². The van der Waals surface area contributed by atoms with E-state index >= 15 is 0 Å². The molecule has 0 aliphatic rings. The molecule has 1 rings (SSSR count). The second kappa shape index (κ2) is 29.7. The van der Waals surface area contributed by atoms with Crippen molar-refractivity contribution >= 4 is 0 Å². The third kappa shape index (κ3) is 21.9. The summed E-state index contributed by atoms with van der Waals surface area (Å²) in [4.78, 5) is 0. The highest BCUT2D eigenvalue weighted by Gasteiger charge is 2.16. The van der Waals surface area contributed by atoms with Crippen LogP contribution >= 0.6 is 0 Å². The topological polar surface area (TPSA) is 8.81 Å². The molecule has 0 amide bonds. The minimum Gasteiger partial charge on any atom is -0.234 e. The van der Waals surface area contributed by atoms with E-state index in [1.165, 1.54) is 206 Å². The number of aryl methyl sites for hydroxylation is 2. The largest absolute Gasteiger partial charge is 0.256 e. The Bertz CT molecular complexity index is 619. The van der Waals surface area contributed by atoms with Gasteiger partial charge in [0.1, 0.15) is 12.4 Å². The van der Waals surface area contributed by atoms with Crippen LogP contribution < -0.4 is 4.57 Å². The fourth-order valence-corrected chi connectivity index (χ4v) is 6.33. The number of unbranched alkanes of at least 4 members (excludes halogenated alkanes) is 26. The maximum absolute atomic E-state index is 2.62. The molecule has 0 aliphatic carbocycles. The molecule has 236 valence electrons. The van der Waals surface area contributed by atoms with Crippen molar-refractivity contribution < 1.29 is 4.57 Å². The fraction of sp³-hybridized carbons (Fsp3) is 0.921. The van der Waals surface area contributed by atoms with E-state index in [2.05, 4.69) is 42.3 Å². The molecule has 2 heteroatoms. The standard InChI is InChI=1S/C38H75N2/c1-4-7-10-13-15-17-19-21-22-24-26-28-30-33-38-39(34-31-12-9-6-3)36-37-40(38)35-32-29-27-25-23-20-18-16-14-11-8-5-2/h36-37H,4-35H2,1-3H3/q+1. The number of rotatable bonds is 32.